The van der Waals surface area contributed by atoms with Crippen LogP contribution in [0.15, 0.2) is 12.1 Å². The van der Waals surface area contributed by atoms with E-state index in [4.69, 9.17) is 9.47 Å². The molecule has 0 spiro atoms. The van der Waals surface area contributed by atoms with Crippen LogP contribution in [0.25, 0.3) is 0 Å². The SMILES string of the molecule is COc1cc(C(F)(F)F)c(OC)cc1[C@H](C)[C@@H]1CCCN1. The second-order valence-corrected chi connectivity index (χ2v) is 5.28. The molecule has 21 heavy (non-hydrogen) atoms. The topological polar surface area (TPSA) is 30.5 Å². The zero-order chi connectivity index (χ0) is 15.6. The fourth-order valence-electron chi connectivity index (χ4n) is 2.85. The second kappa shape index (κ2) is 6.13. The molecular formula is C15H20F3NO2. The van der Waals surface area contributed by atoms with Gasteiger partial charge in [-0.1, -0.05) is 6.92 Å². The van der Waals surface area contributed by atoms with E-state index in [1.807, 2.05) is 6.92 Å². The number of halogens is 3. The van der Waals surface area contributed by atoms with Crippen LogP contribution >= 0.6 is 0 Å². The Bertz CT molecular complexity index is 496. The first kappa shape index (κ1) is 15.9. The Balaban J connectivity index is 2.45. The van der Waals surface area contributed by atoms with Crippen molar-refractivity contribution in [2.45, 2.75) is 37.9 Å². The molecule has 0 aliphatic carbocycles. The van der Waals surface area contributed by atoms with Crippen molar-refractivity contribution in [3.63, 3.8) is 0 Å². The quantitative estimate of drug-likeness (QED) is 0.922. The van der Waals surface area contributed by atoms with E-state index >= 15 is 0 Å². The summed E-state index contributed by atoms with van der Waals surface area (Å²) in [6.07, 6.45) is -2.38. The van der Waals surface area contributed by atoms with Crippen LogP contribution in [0.2, 0.25) is 0 Å². The molecule has 1 N–H and O–H groups in total. The van der Waals surface area contributed by atoms with Crippen molar-refractivity contribution in [2.24, 2.45) is 0 Å². The molecule has 1 saturated heterocycles. The molecule has 1 fully saturated rings. The Morgan fingerprint density at radius 1 is 1.19 bits per heavy atom. The smallest absolute Gasteiger partial charge is 0.420 e. The summed E-state index contributed by atoms with van der Waals surface area (Å²) in [5.41, 5.74) is -0.0704. The third-order valence-electron chi connectivity index (χ3n) is 4.05. The van der Waals surface area contributed by atoms with Crippen LogP contribution in [0.1, 0.15) is 36.8 Å². The molecule has 2 atom stereocenters. The van der Waals surface area contributed by atoms with Gasteiger partial charge in [0.2, 0.25) is 0 Å². The van der Waals surface area contributed by atoms with Gasteiger partial charge in [0, 0.05) is 17.5 Å². The molecular weight excluding hydrogens is 283 g/mol. The molecule has 1 heterocycles. The summed E-state index contributed by atoms with van der Waals surface area (Å²) in [5, 5.41) is 3.37. The van der Waals surface area contributed by atoms with Gasteiger partial charge in [0.1, 0.15) is 17.1 Å². The lowest BCUT2D eigenvalue weighted by Gasteiger charge is -2.24. The van der Waals surface area contributed by atoms with Gasteiger partial charge in [0.15, 0.2) is 0 Å². The Hall–Kier alpha value is -1.43. The molecule has 1 aromatic rings. The maximum atomic E-state index is 13.0. The Morgan fingerprint density at radius 2 is 1.86 bits per heavy atom. The van der Waals surface area contributed by atoms with Crippen molar-refractivity contribution in [2.75, 3.05) is 20.8 Å². The zero-order valence-corrected chi connectivity index (χ0v) is 12.4. The number of benzene rings is 1. The fourth-order valence-corrected chi connectivity index (χ4v) is 2.85. The molecule has 0 aromatic heterocycles. The molecule has 0 radical (unpaired) electrons. The van der Waals surface area contributed by atoms with Crippen LogP contribution in [-0.4, -0.2) is 26.8 Å². The van der Waals surface area contributed by atoms with Crippen LogP contribution < -0.4 is 14.8 Å². The number of nitrogens with one attached hydrogen (secondary N) is 1. The standard InChI is InChI=1S/C15H20F3NO2/c1-9(12-5-4-6-19-12)10-7-14(21-3)11(15(16,17)18)8-13(10)20-2/h7-9,12,19H,4-6H2,1-3H3/t9-,12-/m0/s1. The monoisotopic (exact) mass is 303 g/mol. The highest BCUT2D eigenvalue weighted by atomic mass is 19.4. The summed E-state index contributed by atoms with van der Waals surface area (Å²) in [6.45, 7) is 2.93. The molecule has 1 aliphatic heterocycles. The van der Waals surface area contributed by atoms with E-state index in [0.29, 0.717) is 0 Å². The number of alkyl halides is 3. The first-order valence-electron chi connectivity index (χ1n) is 6.95. The van der Waals surface area contributed by atoms with Crippen LogP contribution in [-0.2, 0) is 6.18 Å². The van der Waals surface area contributed by atoms with E-state index in [-0.39, 0.29) is 23.5 Å². The number of ether oxygens (including phenoxy) is 2. The van der Waals surface area contributed by atoms with Gasteiger partial charge in [-0.05, 0) is 31.5 Å². The molecule has 1 aliphatic rings. The van der Waals surface area contributed by atoms with Crippen LogP contribution in [0, 0.1) is 0 Å². The Labute approximate surface area is 122 Å². The number of rotatable bonds is 4. The molecule has 2 rings (SSSR count). The average Bonchev–Trinajstić information content (AvgIpc) is 2.98. The first-order valence-corrected chi connectivity index (χ1v) is 6.95. The van der Waals surface area contributed by atoms with Gasteiger partial charge in [0.05, 0.1) is 14.2 Å². The van der Waals surface area contributed by atoms with Crippen molar-refractivity contribution >= 4 is 0 Å². The second-order valence-electron chi connectivity index (χ2n) is 5.28. The van der Waals surface area contributed by atoms with Crippen LogP contribution in [0.4, 0.5) is 13.2 Å². The van der Waals surface area contributed by atoms with Crippen molar-refractivity contribution in [3.05, 3.63) is 23.3 Å². The summed E-state index contributed by atoms with van der Waals surface area (Å²) in [5.74, 6) is 0.145. The number of hydrogen-bond donors (Lipinski definition) is 1. The summed E-state index contributed by atoms with van der Waals surface area (Å²) in [7, 11) is 2.64. The van der Waals surface area contributed by atoms with Gasteiger partial charge in [-0.15, -0.1) is 0 Å². The van der Waals surface area contributed by atoms with Gasteiger partial charge in [0.25, 0.3) is 0 Å². The lowest BCUT2D eigenvalue weighted by Crippen LogP contribution is -2.27. The largest absolute Gasteiger partial charge is 0.496 e. The van der Waals surface area contributed by atoms with E-state index in [9.17, 15) is 13.2 Å². The molecule has 0 amide bonds. The fraction of sp³-hybridized carbons (Fsp3) is 0.600. The summed E-state index contributed by atoms with van der Waals surface area (Å²) < 4.78 is 49.2. The maximum Gasteiger partial charge on any atom is 0.420 e. The molecule has 3 nitrogen and oxygen atoms in total. The van der Waals surface area contributed by atoms with Gasteiger partial charge >= 0.3 is 6.18 Å². The summed E-state index contributed by atoms with van der Waals surface area (Å²) >= 11 is 0. The van der Waals surface area contributed by atoms with E-state index in [1.165, 1.54) is 20.3 Å². The highest BCUT2D eigenvalue weighted by Gasteiger charge is 2.36. The van der Waals surface area contributed by atoms with Crippen molar-refractivity contribution in [1.82, 2.24) is 5.32 Å². The van der Waals surface area contributed by atoms with Crippen molar-refractivity contribution in [3.8, 4) is 11.5 Å². The van der Waals surface area contributed by atoms with Gasteiger partial charge in [-0.2, -0.15) is 13.2 Å². The zero-order valence-electron chi connectivity index (χ0n) is 12.4. The van der Waals surface area contributed by atoms with E-state index < -0.39 is 11.7 Å². The minimum Gasteiger partial charge on any atom is -0.496 e. The summed E-state index contributed by atoms with van der Waals surface area (Å²) in [6, 6.07) is 2.73. The van der Waals surface area contributed by atoms with E-state index in [0.717, 1.165) is 31.0 Å². The van der Waals surface area contributed by atoms with Gasteiger partial charge in [-0.25, -0.2) is 0 Å². The van der Waals surface area contributed by atoms with E-state index in [2.05, 4.69) is 5.32 Å². The lowest BCUT2D eigenvalue weighted by molar-refractivity contribution is -0.138. The Morgan fingerprint density at radius 3 is 2.33 bits per heavy atom. The molecule has 0 bridgehead atoms. The average molecular weight is 303 g/mol. The number of methoxy groups -OCH3 is 2. The minimum atomic E-state index is -4.47. The lowest BCUT2D eigenvalue weighted by atomic mass is 9.90. The highest BCUT2D eigenvalue weighted by Crippen LogP contribution is 2.43. The predicted molar refractivity (Wildman–Crippen MR) is 74.0 cm³/mol. The van der Waals surface area contributed by atoms with Crippen molar-refractivity contribution in [1.29, 1.82) is 0 Å². The maximum absolute atomic E-state index is 13.0. The Kier molecular flexibility index (Phi) is 4.66. The van der Waals surface area contributed by atoms with Crippen LogP contribution in [0.3, 0.4) is 0 Å². The third-order valence-corrected chi connectivity index (χ3v) is 4.05. The molecule has 118 valence electrons. The number of hydrogen-bond acceptors (Lipinski definition) is 3. The normalized spacial score (nSPS) is 20.4. The van der Waals surface area contributed by atoms with Gasteiger partial charge in [-0.3, -0.25) is 0 Å². The third kappa shape index (κ3) is 3.26. The molecule has 1 aromatic carbocycles. The van der Waals surface area contributed by atoms with Crippen molar-refractivity contribution < 1.29 is 22.6 Å². The first-order chi connectivity index (χ1) is 9.88. The molecule has 6 heteroatoms. The summed E-state index contributed by atoms with van der Waals surface area (Å²) in [4.78, 5) is 0. The predicted octanol–water partition coefficient (Wildman–Crippen LogP) is 3.58. The molecule has 0 saturated carbocycles. The van der Waals surface area contributed by atoms with Crippen LogP contribution in [0.5, 0.6) is 11.5 Å². The minimum absolute atomic E-state index is 0.0543. The van der Waals surface area contributed by atoms with E-state index in [1.54, 1.807) is 0 Å². The highest BCUT2D eigenvalue weighted by molar-refractivity contribution is 5.49. The van der Waals surface area contributed by atoms with Gasteiger partial charge < -0.3 is 14.8 Å². The molecule has 0 unspecified atom stereocenters.